The highest BCUT2D eigenvalue weighted by atomic mass is 35.5. The van der Waals surface area contributed by atoms with Gasteiger partial charge in [0.15, 0.2) is 5.82 Å². The van der Waals surface area contributed by atoms with Gasteiger partial charge in [0.1, 0.15) is 5.69 Å². The smallest absolute Gasteiger partial charge is 0.229 e. The predicted octanol–water partition coefficient (Wildman–Crippen LogP) is 4.71. The Labute approximate surface area is 167 Å². The Kier molecular flexibility index (Phi) is 5.36. The van der Waals surface area contributed by atoms with Gasteiger partial charge in [-0.1, -0.05) is 23.7 Å². The van der Waals surface area contributed by atoms with E-state index in [1.165, 1.54) is 0 Å². The van der Waals surface area contributed by atoms with Crippen LogP contribution in [-0.2, 0) is 4.79 Å². The first kappa shape index (κ1) is 17.9. The van der Waals surface area contributed by atoms with Crippen molar-refractivity contribution in [2.24, 2.45) is 5.92 Å². The van der Waals surface area contributed by atoms with Crippen molar-refractivity contribution >= 4 is 40.4 Å². The normalized spacial score (nSPS) is 16.9. The summed E-state index contributed by atoms with van der Waals surface area (Å²) in [7, 11) is 0. The monoisotopic (exact) mass is 398 g/mol. The van der Waals surface area contributed by atoms with Crippen LogP contribution in [-0.4, -0.2) is 29.2 Å². The molecular formula is C20H19ClN4OS. The third kappa shape index (κ3) is 4.28. The summed E-state index contributed by atoms with van der Waals surface area (Å²) in [5.41, 5.74) is 1.60. The van der Waals surface area contributed by atoms with Crippen LogP contribution in [0.5, 0.6) is 0 Å². The number of piperidine rings is 1. The molecule has 2 aromatic heterocycles. The molecule has 27 heavy (non-hydrogen) atoms. The largest absolute Gasteiger partial charge is 0.354 e. The van der Waals surface area contributed by atoms with Crippen LogP contribution in [0, 0.1) is 5.92 Å². The molecule has 1 unspecified atom stereocenters. The van der Waals surface area contributed by atoms with E-state index in [-0.39, 0.29) is 11.8 Å². The van der Waals surface area contributed by atoms with E-state index in [0.29, 0.717) is 11.6 Å². The average Bonchev–Trinajstić information content (AvgIpc) is 3.23. The predicted molar refractivity (Wildman–Crippen MR) is 110 cm³/mol. The van der Waals surface area contributed by atoms with Crippen LogP contribution < -0.4 is 10.2 Å². The minimum absolute atomic E-state index is 0.0186. The zero-order chi connectivity index (χ0) is 18.6. The van der Waals surface area contributed by atoms with E-state index >= 15 is 0 Å². The van der Waals surface area contributed by atoms with E-state index in [1.54, 1.807) is 23.5 Å². The van der Waals surface area contributed by atoms with Crippen molar-refractivity contribution in [3.05, 3.63) is 58.9 Å². The highest BCUT2D eigenvalue weighted by molar-refractivity contribution is 7.13. The van der Waals surface area contributed by atoms with Gasteiger partial charge in [-0.05, 0) is 54.6 Å². The molecule has 0 aliphatic carbocycles. The van der Waals surface area contributed by atoms with Crippen LogP contribution in [0.15, 0.2) is 53.9 Å². The molecule has 5 nitrogen and oxygen atoms in total. The number of carbonyl (C=O) groups is 1. The standard InChI is InChI=1S/C20H19ClN4OS/c21-15-5-1-6-16(12-15)22-20(26)14-4-2-10-25(13-14)19-9-8-17(23-24-19)18-7-3-11-27-18/h1,3,5-9,11-12,14H,2,4,10,13H2,(H,22,26). The number of nitrogens with one attached hydrogen (secondary N) is 1. The van der Waals surface area contributed by atoms with Crippen molar-refractivity contribution in [2.75, 3.05) is 23.3 Å². The highest BCUT2D eigenvalue weighted by Gasteiger charge is 2.27. The number of nitrogens with zero attached hydrogens (tertiary/aromatic N) is 3. The van der Waals surface area contributed by atoms with Gasteiger partial charge in [-0.3, -0.25) is 4.79 Å². The minimum atomic E-state index is -0.0866. The first-order chi connectivity index (χ1) is 13.2. The number of halogens is 1. The van der Waals surface area contributed by atoms with Gasteiger partial charge in [0.05, 0.1) is 10.8 Å². The SMILES string of the molecule is O=C(Nc1cccc(Cl)c1)C1CCCN(c2ccc(-c3cccs3)nn2)C1. The highest BCUT2D eigenvalue weighted by Crippen LogP contribution is 2.26. The molecule has 0 spiro atoms. The van der Waals surface area contributed by atoms with Crippen molar-refractivity contribution in [2.45, 2.75) is 12.8 Å². The summed E-state index contributed by atoms with van der Waals surface area (Å²) in [6.07, 6.45) is 1.81. The third-order valence-corrected chi connectivity index (χ3v) is 5.76. The van der Waals surface area contributed by atoms with Crippen LogP contribution >= 0.6 is 22.9 Å². The topological polar surface area (TPSA) is 58.1 Å². The number of aromatic nitrogens is 2. The maximum Gasteiger partial charge on any atom is 0.229 e. The maximum atomic E-state index is 12.6. The second kappa shape index (κ2) is 8.06. The Morgan fingerprint density at radius 2 is 2.11 bits per heavy atom. The summed E-state index contributed by atoms with van der Waals surface area (Å²) < 4.78 is 0. The van der Waals surface area contributed by atoms with Gasteiger partial charge in [0, 0.05) is 23.8 Å². The quantitative estimate of drug-likeness (QED) is 0.691. The van der Waals surface area contributed by atoms with Gasteiger partial charge >= 0.3 is 0 Å². The lowest BCUT2D eigenvalue weighted by Crippen LogP contribution is -2.41. The van der Waals surface area contributed by atoms with Gasteiger partial charge in [-0.2, -0.15) is 0 Å². The number of thiophene rings is 1. The molecule has 1 atom stereocenters. The first-order valence-electron chi connectivity index (χ1n) is 8.88. The zero-order valence-electron chi connectivity index (χ0n) is 14.6. The minimum Gasteiger partial charge on any atom is -0.354 e. The number of benzene rings is 1. The van der Waals surface area contributed by atoms with Crippen LogP contribution in [0.1, 0.15) is 12.8 Å². The molecule has 1 aromatic carbocycles. The second-order valence-electron chi connectivity index (χ2n) is 6.54. The summed E-state index contributed by atoms with van der Waals surface area (Å²) in [5, 5.41) is 14.3. The van der Waals surface area contributed by atoms with E-state index in [4.69, 9.17) is 11.6 Å². The molecule has 0 bridgehead atoms. The van der Waals surface area contributed by atoms with Gasteiger partial charge in [-0.25, -0.2) is 0 Å². The first-order valence-corrected chi connectivity index (χ1v) is 10.1. The van der Waals surface area contributed by atoms with E-state index < -0.39 is 0 Å². The Balaban J connectivity index is 1.42. The van der Waals surface area contributed by atoms with Gasteiger partial charge in [0.25, 0.3) is 0 Å². The lowest BCUT2D eigenvalue weighted by Gasteiger charge is -2.32. The number of carbonyl (C=O) groups excluding carboxylic acids is 1. The molecular weight excluding hydrogens is 380 g/mol. The molecule has 1 aliphatic heterocycles. The molecule has 3 heterocycles. The summed E-state index contributed by atoms with van der Waals surface area (Å²) in [5.74, 6) is 0.747. The van der Waals surface area contributed by atoms with Crippen LogP contribution in [0.2, 0.25) is 5.02 Å². The van der Waals surface area contributed by atoms with Gasteiger partial charge in [0.2, 0.25) is 5.91 Å². The fraction of sp³-hybridized carbons (Fsp3) is 0.250. The lowest BCUT2D eigenvalue weighted by atomic mass is 9.97. The summed E-state index contributed by atoms with van der Waals surface area (Å²) >= 11 is 7.64. The number of anilines is 2. The third-order valence-electron chi connectivity index (χ3n) is 4.63. The average molecular weight is 399 g/mol. The molecule has 1 N–H and O–H groups in total. The lowest BCUT2D eigenvalue weighted by molar-refractivity contribution is -0.120. The number of rotatable bonds is 4. The molecule has 1 saturated heterocycles. The number of hydrogen-bond acceptors (Lipinski definition) is 5. The van der Waals surface area contributed by atoms with Crippen molar-refractivity contribution in [1.29, 1.82) is 0 Å². The Hall–Kier alpha value is -2.44. The van der Waals surface area contributed by atoms with Crippen LogP contribution in [0.4, 0.5) is 11.5 Å². The van der Waals surface area contributed by atoms with Gasteiger partial charge in [-0.15, -0.1) is 21.5 Å². The number of amides is 1. The second-order valence-corrected chi connectivity index (χ2v) is 7.92. The van der Waals surface area contributed by atoms with E-state index in [1.807, 2.05) is 41.8 Å². The van der Waals surface area contributed by atoms with Crippen molar-refractivity contribution in [3.8, 4) is 10.6 Å². The summed E-state index contributed by atoms with van der Waals surface area (Å²) in [6, 6.07) is 15.2. The molecule has 0 radical (unpaired) electrons. The van der Waals surface area contributed by atoms with E-state index in [2.05, 4.69) is 20.4 Å². The van der Waals surface area contributed by atoms with E-state index in [9.17, 15) is 4.79 Å². The molecule has 1 fully saturated rings. The Bertz CT molecular complexity index is 914. The van der Waals surface area contributed by atoms with Crippen LogP contribution in [0.3, 0.4) is 0 Å². The molecule has 1 aliphatic rings. The fourth-order valence-corrected chi connectivity index (χ4v) is 4.14. The van der Waals surface area contributed by atoms with Crippen molar-refractivity contribution in [3.63, 3.8) is 0 Å². The number of hydrogen-bond donors (Lipinski definition) is 1. The summed E-state index contributed by atoms with van der Waals surface area (Å²) in [6.45, 7) is 1.52. The molecule has 0 saturated carbocycles. The van der Waals surface area contributed by atoms with Crippen molar-refractivity contribution < 1.29 is 4.79 Å². The Morgan fingerprint density at radius 3 is 2.85 bits per heavy atom. The van der Waals surface area contributed by atoms with E-state index in [0.717, 1.165) is 41.5 Å². The maximum absolute atomic E-state index is 12.6. The van der Waals surface area contributed by atoms with Gasteiger partial charge < -0.3 is 10.2 Å². The fourth-order valence-electron chi connectivity index (χ4n) is 3.26. The molecule has 138 valence electrons. The molecule has 1 amide bonds. The summed E-state index contributed by atoms with van der Waals surface area (Å²) in [4.78, 5) is 15.9. The van der Waals surface area contributed by atoms with Crippen LogP contribution in [0.25, 0.3) is 10.6 Å². The zero-order valence-corrected chi connectivity index (χ0v) is 16.2. The van der Waals surface area contributed by atoms with Crippen molar-refractivity contribution in [1.82, 2.24) is 10.2 Å². The molecule has 7 heteroatoms. The molecule has 3 aromatic rings. The molecule has 4 rings (SSSR count). The Morgan fingerprint density at radius 1 is 1.19 bits per heavy atom.